The van der Waals surface area contributed by atoms with Gasteiger partial charge in [-0.15, -0.1) is 10.2 Å². The molecule has 4 heterocycles. The van der Waals surface area contributed by atoms with Gasteiger partial charge in [0.2, 0.25) is 5.76 Å². The van der Waals surface area contributed by atoms with Gasteiger partial charge in [-0.25, -0.2) is 0 Å². The topological polar surface area (TPSA) is 89.4 Å². The highest BCUT2D eigenvalue weighted by Gasteiger charge is 2.29. The molecule has 0 aromatic carbocycles. The molecule has 1 aliphatic rings. The number of carbonyl (C=O) groups is 1. The first-order valence-corrected chi connectivity index (χ1v) is 8.86. The molecule has 3 aromatic heterocycles. The Bertz CT molecular complexity index is 917. The summed E-state index contributed by atoms with van der Waals surface area (Å²) in [5.74, 6) is 1.28. The van der Waals surface area contributed by atoms with Crippen molar-refractivity contribution in [1.29, 1.82) is 0 Å². The van der Waals surface area contributed by atoms with Crippen LogP contribution in [0.2, 0.25) is 0 Å². The lowest BCUT2D eigenvalue weighted by molar-refractivity contribution is 0.0668. The van der Waals surface area contributed by atoms with Crippen molar-refractivity contribution in [2.45, 2.75) is 44.9 Å². The largest absolute Gasteiger partial charge is 0.351 e. The number of aromatic nitrogens is 5. The Balaban J connectivity index is 1.53. The summed E-state index contributed by atoms with van der Waals surface area (Å²) in [7, 11) is 0. The number of likely N-dealkylation sites (tertiary alicyclic amines) is 1. The Morgan fingerprint density at radius 3 is 2.58 bits per heavy atom. The Hall–Kier alpha value is -2.77. The Labute approximate surface area is 151 Å². The van der Waals surface area contributed by atoms with Gasteiger partial charge in [0.1, 0.15) is 0 Å². The molecule has 0 saturated carbocycles. The van der Waals surface area contributed by atoms with Gasteiger partial charge in [0.25, 0.3) is 5.91 Å². The van der Waals surface area contributed by atoms with Crippen LogP contribution < -0.4 is 0 Å². The van der Waals surface area contributed by atoms with Crippen LogP contribution in [-0.2, 0) is 5.41 Å². The highest BCUT2D eigenvalue weighted by atomic mass is 16.5. The van der Waals surface area contributed by atoms with Crippen LogP contribution in [0.1, 0.15) is 61.6 Å². The third-order valence-corrected chi connectivity index (χ3v) is 4.85. The van der Waals surface area contributed by atoms with E-state index in [1.807, 2.05) is 16.6 Å². The number of rotatable bonds is 2. The molecule has 8 nitrogen and oxygen atoms in total. The van der Waals surface area contributed by atoms with Crippen molar-refractivity contribution in [2.24, 2.45) is 0 Å². The van der Waals surface area contributed by atoms with E-state index < -0.39 is 0 Å². The summed E-state index contributed by atoms with van der Waals surface area (Å²) in [4.78, 5) is 14.2. The molecule has 0 N–H and O–H groups in total. The van der Waals surface area contributed by atoms with Crippen LogP contribution in [0.15, 0.2) is 28.9 Å². The maximum atomic E-state index is 12.4. The molecule has 1 saturated heterocycles. The monoisotopic (exact) mass is 354 g/mol. The van der Waals surface area contributed by atoms with Crippen LogP contribution >= 0.6 is 0 Å². The standard InChI is InChI=1S/C18H22N6O2/c1-18(2,3)14-4-5-15-20-21-16(24(15)22-14)12-7-10-23(11-8-12)17(25)13-6-9-19-26-13/h4-6,9,12H,7-8,10-11H2,1-3H3. The predicted octanol–water partition coefficient (Wildman–Crippen LogP) is 2.43. The number of fused-ring (bicyclic) bond motifs is 1. The first-order valence-electron chi connectivity index (χ1n) is 8.86. The maximum absolute atomic E-state index is 12.4. The fourth-order valence-electron chi connectivity index (χ4n) is 3.28. The average molecular weight is 354 g/mol. The van der Waals surface area contributed by atoms with Crippen LogP contribution in [0.3, 0.4) is 0 Å². The zero-order chi connectivity index (χ0) is 18.3. The minimum Gasteiger partial charge on any atom is -0.351 e. The minimum absolute atomic E-state index is 0.0391. The fraction of sp³-hybridized carbons (Fsp3) is 0.500. The molecule has 1 amide bonds. The number of amides is 1. The third kappa shape index (κ3) is 2.95. The van der Waals surface area contributed by atoms with Gasteiger partial charge in [-0.2, -0.15) is 9.61 Å². The van der Waals surface area contributed by atoms with Crippen LogP contribution in [-0.4, -0.2) is 48.9 Å². The zero-order valence-electron chi connectivity index (χ0n) is 15.2. The van der Waals surface area contributed by atoms with E-state index in [9.17, 15) is 4.79 Å². The van der Waals surface area contributed by atoms with E-state index in [0.717, 1.165) is 30.0 Å². The Kier molecular flexibility index (Phi) is 3.97. The molecule has 4 rings (SSSR count). The van der Waals surface area contributed by atoms with Gasteiger partial charge < -0.3 is 9.42 Å². The SMILES string of the molecule is CC(C)(C)c1ccc2nnc(C3CCN(C(=O)c4ccno4)CC3)n2n1. The molecule has 0 atom stereocenters. The highest BCUT2D eigenvalue weighted by molar-refractivity contribution is 5.91. The normalized spacial score (nSPS) is 16.3. The van der Waals surface area contributed by atoms with Crippen molar-refractivity contribution >= 4 is 11.6 Å². The molecule has 1 fully saturated rings. The van der Waals surface area contributed by atoms with Crippen LogP contribution in [0.25, 0.3) is 5.65 Å². The van der Waals surface area contributed by atoms with Gasteiger partial charge in [0.05, 0.1) is 11.9 Å². The van der Waals surface area contributed by atoms with Crippen molar-refractivity contribution in [3.8, 4) is 0 Å². The van der Waals surface area contributed by atoms with Crippen LogP contribution in [0, 0.1) is 0 Å². The zero-order valence-corrected chi connectivity index (χ0v) is 15.2. The molecule has 3 aromatic rings. The molecule has 8 heteroatoms. The molecule has 0 aliphatic carbocycles. The Morgan fingerprint density at radius 1 is 1.15 bits per heavy atom. The second-order valence-electron chi connectivity index (χ2n) is 7.74. The van der Waals surface area contributed by atoms with Crippen LogP contribution in [0.5, 0.6) is 0 Å². The first kappa shape index (κ1) is 16.7. The molecule has 0 spiro atoms. The molecule has 0 unspecified atom stereocenters. The van der Waals surface area contributed by atoms with Crippen LogP contribution in [0.4, 0.5) is 0 Å². The molecular formula is C18H22N6O2. The van der Waals surface area contributed by atoms with E-state index in [0.29, 0.717) is 13.1 Å². The van der Waals surface area contributed by atoms with Crippen molar-refractivity contribution in [1.82, 2.24) is 29.9 Å². The average Bonchev–Trinajstić information content (AvgIpc) is 3.30. The van der Waals surface area contributed by atoms with E-state index in [1.54, 1.807) is 11.0 Å². The van der Waals surface area contributed by atoms with Gasteiger partial charge in [0.15, 0.2) is 11.5 Å². The van der Waals surface area contributed by atoms with Gasteiger partial charge in [-0.3, -0.25) is 4.79 Å². The van der Waals surface area contributed by atoms with E-state index in [1.165, 1.54) is 6.20 Å². The molecule has 26 heavy (non-hydrogen) atoms. The smallest absolute Gasteiger partial charge is 0.292 e. The summed E-state index contributed by atoms with van der Waals surface area (Å²) in [6.45, 7) is 7.71. The summed E-state index contributed by atoms with van der Waals surface area (Å²) < 4.78 is 6.83. The molecular weight excluding hydrogens is 332 g/mol. The predicted molar refractivity (Wildman–Crippen MR) is 93.9 cm³/mol. The van der Waals surface area contributed by atoms with Crippen molar-refractivity contribution < 1.29 is 9.32 Å². The van der Waals surface area contributed by atoms with Crippen molar-refractivity contribution in [3.05, 3.63) is 41.7 Å². The molecule has 0 bridgehead atoms. The lowest BCUT2D eigenvalue weighted by Gasteiger charge is -2.30. The summed E-state index contributed by atoms with van der Waals surface area (Å²) in [6.07, 6.45) is 3.13. The number of piperidine rings is 1. The second-order valence-corrected chi connectivity index (χ2v) is 7.74. The fourth-order valence-corrected chi connectivity index (χ4v) is 3.28. The van der Waals surface area contributed by atoms with E-state index >= 15 is 0 Å². The number of nitrogens with zero attached hydrogens (tertiary/aromatic N) is 6. The van der Waals surface area contributed by atoms with Crippen molar-refractivity contribution in [3.63, 3.8) is 0 Å². The summed E-state index contributed by atoms with van der Waals surface area (Å²) in [5.41, 5.74) is 1.72. The quantitative estimate of drug-likeness (QED) is 0.702. The maximum Gasteiger partial charge on any atom is 0.292 e. The second kappa shape index (κ2) is 6.19. The third-order valence-electron chi connectivity index (χ3n) is 4.85. The molecule has 0 radical (unpaired) electrons. The lowest BCUT2D eigenvalue weighted by Crippen LogP contribution is -2.38. The van der Waals surface area contributed by atoms with Crippen molar-refractivity contribution in [2.75, 3.05) is 13.1 Å². The number of carbonyl (C=O) groups excluding carboxylic acids is 1. The Morgan fingerprint density at radius 2 is 1.92 bits per heavy atom. The molecule has 1 aliphatic heterocycles. The number of hydrogen-bond donors (Lipinski definition) is 0. The number of hydrogen-bond acceptors (Lipinski definition) is 6. The van der Waals surface area contributed by atoms with E-state index in [-0.39, 0.29) is 23.0 Å². The summed E-state index contributed by atoms with van der Waals surface area (Å²) >= 11 is 0. The summed E-state index contributed by atoms with van der Waals surface area (Å²) in [6, 6.07) is 5.57. The first-order chi connectivity index (χ1) is 12.4. The highest BCUT2D eigenvalue weighted by Crippen LogP contribution is 2.28. The summed E-state index contributed by atoms with van der Waals surface area (Å²) in [5, 5.41) is 17.0. The van der Waals surface area contributed by atoms with Gasteiger partial charge in [-0.05, 0) is 25.0 Å². The minimum atomic E-state index is -0.111. The van der Waals surface area contributed by atoms with E-state index in [2.05, 4.69) is 36.1 Å². The van der Waals surface area contributed by atoms with Gasteiger partial charge in [-0.1, -0.05) is 25.9 Å². The van der Waals surface area contributed by atoms with E-state index in [4.69, 9.17) is 9.62 Å². The van der Waals surface area contributed by atoms with Gasteiger partial charge >= 0.3 is 0 Å². The molecule has 136 valence electrons. The van der Waals surface area contributed by atoms with Gasteiger partial charge in [0, 0.05) is 30.5 Å². The lowest BCUT2D eigenvalue weighted by atomic mass is 9.92.